The van der Waals surface area contributed by atoms with Crippen LogP contribution in [0.1, 0.15) is 27.7 Å². The van der Waals surface area contributed by atoms with E-state index in [1.165, 1.54) is 6.07 Å². The van der Waals surface area contributed by atoms with Gasteiger partial charge in [0.15, 0.2) is 0 Å². The van der Waals surface area contributed by atoms with Gasteiger partial charge >= 0.3 is 6.09 Å². The van der Waals surface area contributed by atoms with E-state index in [4.69, 9.17) is 19.1 Å². The summed E-state index contributed by atoms with van der Waals surface area (Å²) >= 11 is 0. The van der Waals surface area contributed by atoms with Gasteiger partial charge in [-0.05, 0) is 26.8 Å². The molecule has 2 rings (SSSR count). The number of fused-ring (bicyclic) bond motifs is 1. The van der Waals surface area contributed by atoms with E-state index >= 15 is 0 Å². The number of hydrogen-bond acceptors (Lipinski definition) is 6. The number of aliphatic carboxylic acids is 1. The largest absolute Gasteiger partial charge is 0.481 e. The molecule has 0 bridgehead atoms. The standard InChI is InChI=1S/C13H15NO5S.C2H4O2/c1-13(2,3)19-12(15)14-20(16,17)11-8-9-6-4-5-7-10(9)18-11;1-2(3)4/h4-8H,1-3H3,(H,14,15);1H3,(H,3,4). The maximum Gasteiger partial charge on any atom is 0.421 e. The van der Waals surface area contributed by atoms with Gasteiger partial charge < -0.3 is 14.3 Å². The number of carboxylic acids is 1. The number of furan rings is 1. The molecule has 1 aromatic carbocycles. The number of carbonyl (C=O) groups excluding carboxylic acids is 1. The molecule has 2 aromatic rings. The van der Waals surface area contributed by atoms with E-state index in [1.54, 1.807) is 45.0 Å². The van der Waals surface area contributed by atoms with E-state index in [9.17, 15) is 13.2 Å². The number of para-hydroxylation sites is 1. The Hall–Kier alpha value is -2.55. The second-order valence-corrected chi connectivity index (χ2v) is 7.34. The van der Waals surface area contributed by atoms with Gasteiger partial charge in [0.1, 0.15) is 11.2 Å². The number of sulfonamides is 1. The van der Waals surface area contributed by atoms with Crippen LogP contribution in [0.4, 0.5) is 4.79 Å². The van der Waals surface area contributed by atoms with Crippen molar-refractivity contribution in [1.82, 2.24) is 4.72 Å². The van der Waals surface area contributed by atoms with E-state index in [1.807, 2.05) is 4.72 Å². The Kier molecular flexibility index (Phi) is 5.97. The number of benzene rings is 1. The van der Waals surface area contributed by atoms with Crippen LogP contribution in [0.3, 0.4) is 0 Å². The smallest absolute Gasteiger partial charge is 0.421 e. The zero-order valence-corrected chi connectivity index (χ0v) is 14.5. The fourth-order valence-corrected chi connectivity index (χ4v) is 2.39. The summed E-state index contributed by atoms with van der Waals surface area (Å²) in [6, 6.07) is 8.19. The van der Waals surface area contributed by atoms with E-state index in [2.05, 4.69) is 0 Å². The predicted molar refractivity (Wildman–Crippen MR) is 86.1 cm³/mol. The van der Waals surface area contributed by atoms with Crippen LogP contribution in [0.15, 0.2) is 39.8 Å². The van der Waals surface area contributed by atoms with Crippen LogP contribution in [-0.2, 0) is 19.6 Å². The first-order valence-electron chi connectivity index (χ1n) is 6.84. The number of rotatable bonds is 2. The van der Waals surface area contributed by atoms with Crippen LogP contribution in [-0.4, -0.2) is 31.2 Å². The second-order valence-electron chi connectivity index (χ2n) is 5.73. The van der Waals surface area contributed by atoms with Crippen molar-refractivity contribution >= 4 is 33.1 Å². The molecular weight excluding hydrogens is 338 g/mol. The van der Waals surface area contributed by atoms with Crippen molar-refractivity contribution in [3.8, 4) is 0 Å². The highest BCUT2D eigenvalue weighted by atomic mass is 32.2. The van der Waals surface area contributed by atoms with Gasteiger partial charge in [0.05, 0.1) is 0 Å². The molecule has 0 aliphatic rings. The van der Waals surface area contributed by atoms with Gasteiger partial charge in [0, 0.05) is 18.4 Å². The Morgan fingerprint density at radius 2 is 1.75 bits per heavy atom. The molecule has 1 amide bonds. The van der Waals surface area contributed by atoms with Crippen molar-refractivity contribution in [3.05, 3.63) is 30.3 Å². The van der Waals surface area contributed by atoms with E-state index in [0.29, 0.717) is 11.0 Å². The van der Waals surface area contributed by atoms with E-state index in [-0.39, 0.29) is 5.09 Å². The molecule has 0 spiro atoms. The molecule has 1 aromatic heterocycles. The summed E-state index contributed by atoms with van der Waals surface area (Å²) in [5, 5.41) is 7.72. The summed E-state index contributed by atoms with van der Waals surface area (Å²) in [6.45, 7) is 6.00. The zero-order valence-electron chi connectivity index (χ0n) is 13.7. The molecule has 9 heteroatoms. The third-order valence-corrected chi connectivity index (χ3v) is 3.45. The second kappa shape index (κ2) is 7.35. The van der Waals surface area contributed by atoms with Crippen molar-refractivity contribution in [2.75, 3.05) is 0 Å². The molecule has 8 nitrogen and oxygen atoms in total. The van der Waals surface area contributed by atoms with Crippen LogP contribution < -0.4 is 4.72 Å². The summed E-state index contributed by atoms with van der Waals surface area (Å²) in [6.07, 6.45) is -1.04. The average molecular weight is 357 g/mol. The molecule has 0 fully saturated rings. The highest BCUT2D eigenvalue weighted by Crippen LogP contribution is 2.22. The van der Waals surface area contributed by atoms with Gasteiger partial charge in [-0.3, -0.25) is 4.79 Å². The van der Waals surface area contributed by atoms with Gasteiger partial charge in [-0.25, -0.2) is 9.52 Å². The minimum Gasteiger partial charge on any atom is -0.481 e. The molecule has 0 saturated heterocycles. The Balaban J connectivity index is 0.000000648. The topological polar surface area (TPSA) is 123 Å². The van der Waals surface area contributed by atoms with Gasteiger partial charge in [0.25, 0.3) is 16.0 Å². The monoisotopic (exact) mass is 357 g/mol. The molecule has 1 heterocycles. The molecule has 2 N–H and O–H groups in total. The predicted octanol–water partition coefficient (Wildman–Crippen LogP) is 2.74. The first-order valence-corrected chi connectivity index (χ1v) is 8.33. The van der Waals surface area contributed by atoms with Gasteiger partial charge in [-0.2, -0.15) is 8.42 Å². The molecule has 24 heavy (non-hydrogen) atoms. The van der Waals surface area contributed by atoms with Crippen LogP contribution in [0, 0.1) is 0 Å². The lowest BCUT2D eigenvalue weighted by molar-refractivity contribution is -0.134. The quantitative estimate of drug-likeness (QED) is 0.847. The van der Waals surface area contributed by atoms with Crippen LogP contribution in [0.2, 0.25) is 0 Å². The summed E-state index contributed by atoms with van der Waals surface area (Å²) < 4.78 is 35.9. The maximum absolute atomic E-state index is 12.0. The summed E-state index contributed by atoms with van der Waals surface area (Å²) in [7, 11) is -4.08. The third-order valence-electron chi connectivity index (χ3n) is 2.28. The van der Waals surface area contributed by atoms with Crippen LogP contribution >= 0.6 is 0 Å². The van der Waals surface area contributed by atoms with Gasteiger partial charge in [-0.15, -0.1) is 0 Å². The van der Waals surface area contributed by atoms with Crippen LogP contribution in [0.5, 0.6) is 0 Å². The fourth-order valence-electron chi connectivity index (χ4n) is 1.55. The summed E-state index contributed by atoms with van der Waals surface area (Å²) in [5.74, 6) is -0.833. The summed E-state index contributed by atoms with van der Waals surface area (Å²) in [5.41, 5.74) is -0.356. The first-order chi connectivity index (χ1) is 10.9. The Morgan fingerprint density at radius 3 is 2.25 bits per heavy atom. The van der Waals surface area contributed by atoms with Crippen molar-refractivity contribution < 1.29 is 32.3 Å². The number of hydrogen-bond donors (Lipinski definition) is 2. The molecule has 132 valence electrons. The lowest BCUT2D eigenvalue weighted by Gasteiger charge is -2.19. The van der Waals surface area contributed by atoms with Crippen molar-refractivity contribution in [2.45, 2.75) is 38.4 Å². The SMILES string of the molecule is CC(=O)O.CC(C)(C)OC(=O)NS(=O)(=O)c1cc2ccccc2o1. The average Bonchev–Trinajstić information content (AvgIpc) is 2.79. The Bertz CT molecular complexity index is 794. The molecular formula is C15H19NO7S. The number of carbonyl (C=O) groups is 2. The van der Waals surface area contributed by atoms with Crippen molar-refractivity contribution in [3.63, 3.8) is 0 Å². The van der Waals surface area contributed by atoms with Crippen molar-refractivity contribution in [2.24, 2.45) is 0 Å². The number of nitrogens with one attached hydrogen (secondary N) is 1. The minimum atomic E-state index is -4.08. The molecule has 0 aliphatic heterocycles. The molecule has 0 radical (unpaired) electrons. The van der Waals surface area contributed by atoms with E-state index in [0.717, 1.165) is 6.92 Å². The summed E-state index contributed by atoms with van der Waals surface area (Å²) in [4.78, 5) is 20.5. The normalized spacial score (nSPS) is 11.3. The first kappa shape index (κ1) is 19.5. The maximum atomic E-state index is 12.0. The highest BCUT2D eigenvalue weighted by molar-refractivity contribution is 7.89. The minimum absolute atomic E-state index is 0.329. The lowest BCUT2D eigenvalue weighted by Crippen LogP contribution is -2.36. The molecule has 0 saturated carbocycles. The number of ether oxygens (including phenoxy) is 1. The van der Waals surface area contributed by atoms with E-state index < -0.39 is 27.7 Å². The van der Waals surface area contributed by atoms with Crippen molar-refractivity contribution in [1.29, 1.82) is 0 Å². The fraction of sp³-hybridized carbons (Fsp3) is 0.333. The Morgan fingerprint density at radius 1 is 1.21 bits per heavy atom. The Labute approximate surface area is 139 Å². The third kappa shape index (κ3) is 6.29. The van der Waals surface area contributed by atoms with Gasteiger partial charge in [-0.1, -0.05) is 18.2 Å². The molecule has 0 unspecified atom stereocenters. The number of amides is 1. The lowest BCUT2D eigenvalue weighted by atomic mass is 10.2. The number of carboxylic acid groups (broad SMARTS) is 1. The van der Waals surface area contributed by atoms with Crippen LogP contribution in [0.25, 0.3) is 11.0 Å². The highest BCUT2D eigenvalue weighted by Gasteiger charge is 2.25. The van der Waals surface area contributed by atoms with Gasteiger partial charge in [0.2, 0.25) is 5.09 Å². The molecule has 0 atom stereocenters. The zero-order chi connectivity index (χ0) is 18.5. The molecule has 0 aliphatic carbocycles.